The van der Waals surface area contributed by atoms with Crippen LogP contribution in [0.25, 0.3) is 20.8 Å². The Labute approximate surface area is 217 Å². The summed E-state index contributed by atoms with van der Waals surface area (Å²) >= 11 is 1.49. The highest BCUT2D eigenvalue weighted by molar-refractivity contribution is 7.21. The van der Waals surface area contributed by atoms with Gasteiger partial charge in [-0.25, -0.2) is 18.7 Å². The Kier molecular flexibility index (Phi) is 7.03. The van der Waals surface area contributed by atoms with Crippen LogP contribution in [0.4, 0.5) is 20.5 Å². The highest BCUT2D eigenvalue weighted by atomic mass is 32.1. The van der Waals surface area contributed by atoms with Crippen LogP contribution in [0, 0.1) is 12.8 Å². The van der Waals surface area contributed by atoms with Gasteiger partial charge in [-0.05, 0) is 46.1 Å². The lowest BCUT2D eigenvalue weighted by molar-refractivity contribution is -0.0950. The number of ether oxygens (including phenoxy) is 1. The van der Waals surface area contributed by atoms with Gasteiger partial charge in [-0.2, -0.15) is 4.98 Å². The van der Waals surface area contributed by atoms with Gasteiger partial charge in [-0.15, -0.1) is 11.3 Å². The summed E-state index contributed by atoms with van der Waals surface area (Å²) in [6.07, 6.45) is 0.845. The van der Waals surface area contributed by atoms with Crippen molar-refractivity contribution in [1.82, 2.24) is 19.9 Å². The molecule has 0 saturated heterocycles. The first-order valence-electron chi connectivity index (χ1n) is 12.5. The fourth-order valence-corrected chi connectivity index (χ4v) is 5.89. The van der Waals surface area contributed by atoms with Gasteiger partial charge in [0.15, 0.2) is 0 Å². The zero-order valence-electron chi connectivity index (χ0n) is 21.2. The molecule has 9 nitrogen and oxygen atoms in total. The standard InChI is InChI=1S/C25H32F2N6O3S/c1-11(36-4)10-29-24-30-12(2)17(23-32-19-16(37-23)7-8-28-18(19)13-5-6-13)22(33-24)31-15-9-14(25(3,26)27)20(34)21(15)35/h7-8,11,13-15,20-21,34-35H,5-6,9-10H2,1-4H3,(H2,29,30,31,33)/t11-,14-,15?,20+,21-/m0/s1. The summed E-state index contributed by atoms with van der Waals surface area (Å²) in [5, 5.41) is 28.0. The minimum Gasteiger partial charge on any atom is -0.390 e. The minimum atomic E-state index is -3.14. The maximum Gasteiger partial charge on any atom is 0.250 e. The molecule has 3 aromatic rings. The van der Waals surface area contributed by atoms with E-state index in [4.69, 9.17) is 9.72 Å². The van der Waals surface area contributed by atoms with Crippen LogP contribution in [0.1, 0.15) is 50.4 Å². The monoisotopic (exact) mass is 534 g/mol. The summed E-state index contributed by atoms with van der Waals surface area (Å²) < 4.78 is 34.5. The summed E-state index contributed by atoms with van der Waals surface area (Å²) in [7, 11) is 1.61. The van der Waals surface area contributed by atoms with Crippen molar-refractivity contribution in [2.24, 2.45) is 5.92 Å². The Morgan fingerprint density at radius 1 is 1.22 bits per heavy atom. The summed E-state index contributed by atoms with van der Waals surface area (Å²) in [4.78, 5) is 18.7. The van der Waals surface area contributed by atoms with Crippen molar-refractivity contribution in [1.29, 1.82) is 0 Å². The lowest BCUT2D eigenvalue weighted by atomic mass is 9.98. The molecule has 2 aliphatic rings. The van der Waals surface area contributed by atoms with Gasteiger partial charge in [0, 0.05) is 25.8 Å². The molecular weight excluding hydrogens is 502 g/mol. The Hall–Kier alpha value is -2.54. The Bertz CT molecular complexity index is 1280. The van der Waals surface area contributed by atoms with Gasteiger partial charge in [0.1, 0.15) is 22.4 Å². The first-order valence-corrected chi connectivity index (χ1v) is 13.3. The van der Waals surface area contributed by atoms with Gasteiger partial charge in [-0.3, -0.25) is 4.98 Å². The summed E-state index contributed by atoms with van der Waals surface area (Å²) in [5.41, 5.74) is 3.10. The van der Waals surface area contributed by atoms with Gasteiger partial charge in [0.05, 0.1) is 45.8 Å². The molecular formula is C25H32F2N6O3S. The topological polar surface area (TPSA) is 125 Å². The second-order valence-corrected chi connectivity index (χ2v) is 11.2. The second-order valence-electron chi connectivity index (χ2n) is 10.2. The minimum absolute atomic E-state index is 0.0862. The number of methoxy groups -OCH3 is 1. The molecule has 0 aliphatic heterocycles. The smallest absolute Gasteiger partial charge is 0.250 e. The molecule has 2 aliphatic carbocycles. The van der Waals surface area contributed by atoms with E-state index in [9.17, 15) is 19.0 Å². The first-order chi connectivity index (χ1) is 17.6. The molecule has 5 rings (SSSR count). The quantitative estimate of drug-likeness (QED) is 0.323. The van der Waals surface area contributed by atoms with Gasteiger partial charge >= 0.3 is 0 Å². The number of aryl methyl sites for hydroxylation is 1. The van der Waals surface area contributed by atoms with E-state index < -0.39 is 30.1 Å². The van der Waals surface area contributed by atoms with Crippen LogP contribution in [0.3, 0.4) is 0 Å². The Morgan fingerprint density at radius 2 is 1.97 bits per heavy atom. The second kappa shape index (κ2) is 9.97. The molecule has 0 radical (unpaired) electrons. The largest absolute Gasteiger partial charge is 0.390 e. The van der Waals surface area contributed by atoms with Crippen LogP contribution < -0.4 is 10.6 Å². The zero-order valence-corrected chi connectivity index (χ0v) is 22.0. The third kappa shape index (κ3) is 5.25. The van der Waals surface area contributed by atoms with Gasteiger partial charge in [0.25, 0.3) is 5.92 Å². The van der Waals surface area contributed by atoms with Crippen molar-refractivity contribution in [2.45, 2.75) is 76.2 Å². The zero-order chi connectivity index (χ0) is 26.5. The molecule has 5 atom stereocenters. The van der Waals surface area contributed by atoms with Gasteiger partial charge in [-0.1, -0.05) is 0 Å². The lowest BCUT2D eigenvalue weighted by Crippen LogP contribution is -2.38. The Morgan fingerprint density at radius 3 is 2.62 bits per heavy atom. The number of nitrogens with one attached hydrogen (secondary N) is 2. The predicted molar refractivity (Wildman–Crippen MR) is 138 cm³/mol. The van der Waals surface area contributed by atoms with Crippen molar-refractivity contribution in [3.05, 3.63) is 23.7 Å². The van der Waals surface area contributed by atoms with Crippen LogP contribution in [0.5, 0.6) is 0 Å². The number of rotatable bonds is 9. The number of nitrogens with zero attached hydrogens (tertiary/aromatic N) is 4. The van der Waals surface area contributed by atoms with Crippen molar-refractivity contribution < 1.29 is 23.7 Å². The van der Waals surface area contributed by atoms with E-state index in [1.165, 1.54) is 11.3 Å². The van der Waals surface area contributed by atoms with Crippen LogP contribution in [-0.2, 0) is 4.74 Å². The van der Waals surface area contributed by atoms with E-state index in [-0.39, 0.29) is 12.5 Å². The molecule has 37 heavy (non-hydrogen) atoms. The Balaban J connectivity index is 1.54. The fourth-order valence-electron chi connectivity index (χ4n) is 4.82. The SMILES string of the molecule is CO[C@@H](C)CNc1nc(C)c(-c2nc3c(C4CC4)nccc3s2)c(NC2C[C@H](C(C)(F)F)[C@@H](O)[C@H]2O)n1. The van der Waals surface area contributed by atoms with Crippen molar-refractivity contribution in [2.75, 3.05) is 24.3 Å². The summed E-state index contributed by atoms with van der Waals surface area (Å²) in [6.45, 7) is 4.96. The first kappa shape index (κ1) is 26.1. The number of aromatic nitrogens is 4. The number of pyridine rings is 1. The molecule has 12 heteroatoms. The van der Waals surface area contributed by atoms with Crippen LogP contribution in [-0.4, -0.2) is 74.1 Å². The van der Waals surface area contributed by atoms with E-state index in [1.807, 2.05) is 19.9 Å². The molecule has 3 aromatic heterocycles. The van der Waals surface area contributed by atoms with E-state index >= 15 is 0 Å². The number of anilines is 2. The third-order valence-corrected chi connectivity index (χ3v) is 8.25. The highest BCUT2D eigenvalue weighted by Crippen LogP contribution is 2.45. The van der Waals surface area contributed by atoms with E-state index in [0.29, 0.717) is 40.5 Å². The number of alkyl halides is 2. The molecule has 3 heterocycles. The summed E-state index contributed by atoms with van der Waals surface area (Å²) in [6, 6.07) is 1.10. The number of hydrogen-bond donors (Lipinski definition) is 4. The maximum absolute atomic E-state index is 14.1. The van der Waals surface area contributed by atoms with E-state index in [2.05, 4.69) is 25.6 Å². The number of fused-ring (bicyclic) bond motifs is 1. The van der Waals surface area contributed by atoms with E-state index in [1.54, 1.807) is 13.3 Å². The molecule has 2 saturated carbocycles. The van der Waals surface area contributed by atoms with Crippen LogP contribution in [0.2, 0.25) is 0 Å². The predicted octanol–water partition coefficient (Wildman–Crippen LogP) is 3.96. The molecule has 0 aromatic carbocycles. The number of hydrogen-bond acceptors (Lipinski definition) is 10. The van der Waals surface area contributed by atoms with Crippen molar-refractivity contribution in [3.63, 3.8) is 0 Å². The molecule has 0 amide bonds. The van der Waals surface area contributed by atoms with Crippen LogP contribution in [0.15, 0.2) is 12.3 Å². The highest BCUT2D eigenvalue weighted by Gasteiger charge is 2.51. The number of halogens is 2. The average molecular weight is 535 g/mol. The fraction of sp³-hybridized carbons (Fsp3) is 0.600. The van der Waals surface area contributed by atoms with Gasteiger partial charge < -0.3 is 25.6 Å². The molecule has 200 valence electrons. The molecule has 2 fully saturated rings. The average Bonchev–Trinajstić information content (AvgIpc) is 3.54. The molecule has 4 N–H and O–H groups in total. The van der Waals surface area contributed by atoms with Crippen molar-refractivity contribution in [3.8, 4) is 10.6 Å². The molecule has 1 unspecified atom stereocenters. The number of thiazole rings is 1. The molecule has 0 spiro atoms. The third-order valence-electron chi connectivity index (χ3n) is 7.21. The summed E-state index contributed by atoms with van der Waals surface area (Å²) in [5.74, 6) is -3.40. The molecule has 0 bridgehead atoms. The number of aliphatic hydroxyl groups is 2. The normalized spacial score (nSPS) is 25.0. The lowest BCUT2D eigenvalue weighted by Gasteiger charge is -2.22. The van der Waals surface area contributed by atoms with E-state index in [0.717, 1.165) is 35.7 Å². The maximum atomic E-state index is 14.1. The van der Waals surface area contributed by atoms with Crippen LogP contribution >= 0.6 is 11.3 Å². The van der Waals surface area contributed by atoms with Crippen molar-refractivity contribution >= 4 is 33.3 Å². The van der Waals surface area contributed by atoms with Gasteiger partial charge in [0.2, 0.25) is 5.95 Å². The number of aliphatic hydroxyl groups excluding tert-OH is 2.